The van der Waals surface area contributed by atoms with Crippen LogP contribution in [0.25, 0.3) is 10.8 Å². The molecule has 0 fully saturated rings. The van der Waals surface area contributed by atoms with Crippen LogP contribution in [0.4, 0.5) is 0 Å². The zero-order valence-corrected chi connectivity index (χ0v) is 19.3. The van der Waals surface area contributed by atoms with E-state index in [0.29, 0.717) is 23.3 Å². The molecule has 3 atom stereocenters. The van der Waals surface area contributed by atoms with E-state index < -0.39 is 5.97 Å². The van der Waals surface area contributed by atoms with E-state index in [-0.39, 0.29) is 0 Å². The third kappa shape index (κ3) is 4.18. The van der Waals surface area contributed by atoms with E-state index in [1.54, 1.807) is 6.07 Å². The van der Waals surface area contributed by atoms with E-state index in [4.69, 9.17) is 0 Å². The van der Waals surface area contributed by atoms with Crippen LogP contribution < -0.4 is 0 Å². The summed E-state index contributed by atoms with van der Waals surface area (Å²) in [6, 6.07) is 30.0. The SMILES string of the molecule is Cc1cc(C2CC(C[C@H](C)c3cccc4ccccc34)Cc3ccccc32)ccc1C(=O)O. The molecule has 0 amide bonds. The van der Waals surface area contributed by atoms with Gasteiger partial charge in [0.1, 0.15) is 0 Å². The molecule has 1 aliphatic rings. The summed E-state index contributed by atoms with van der Waals surface area (Å²) in [5, 5.41) is 12.1. The van der Waals surface area contributed by atoms with E-state index in [1.807, 2.05) is 13.0 Å². The number of aromatic carboxylic acids is 1. The number of rotatable bonds is 5. The number of benzene rings is 4. The summed E-state index contributed by atoms with van der Waals surface area (Å²) in [4.78, 5) is 11.5. The number of carbonyl (C=O) groups is 1. The fourth-order valence-electron chi connectivity index (χ4n) is 5.86. The predicted molar refractivity (Wildman–Crippen MR) is 135 cm³/mol. The van der Waals surface area contributed by atoms with Crippen LogP contribution in [-0.2, 0) is 6.42 Å². The summed E-state index contributed by atoms with van der Waals surface area (Å²) in [5.74, 6) is 0.507. The molecule has 5 rings (SSSR count). The molecule has 4 aromatic carbocycles. The third-order valence-electron chi connectivity index (χ3n) is 7.43. The second-order valence-corrected chi connectivity index (χ2v) is 9.64. The Labute approximate surface area is 195 Å². The first-order valence-electron chi connectivity index (χ1n) is 11.9. The first kappa shape index (κ1) is 21.5. The van der Waals surface area contributed by atoms with Gasteiger partial charge in [-0.15, -0.1) is 0 Å². The molecule has 0 aliphatic heterocycles. The summed E-state index contributed by atoms with van der Waals surface area (Å²) in [7, 11) is 0. The standard InChI is InChI=1S/C31H30O2/c1-20(26-13-7-10-23-8-3-5-11-28(23)26)16-22-18-24-9-4-6-12-29(24)30(19-22)25-14-15-27(31(32)33)21(2)17-25/h3-15,17,20,22,30H,16,18-19H2,1-2H3,(H,32,33)/t20-,22?,30?/m0/s1. The number of hydrogen-bond donors (Lipinski definition) is 1. The average Bonchev–Trinajstić information content (AvgIpc) is 2.82. The molecule has 2 nitrogen and oxygen atoms in total. The van der Waals surface area contributed by atoms with Gasteiger partial charge in [-0.3, -0.25) is 0 Å². The lowest BCUT2D eigenvalue weighted by Gasteiger charge is -2.34. The molecule has 0 saturated carbocycles. The summed E-state index contributed by atoms with van der Waals surface area (Å²) in [6.07, 6.45) is 3.34. The Hall–Kier alpha value is -3.39. The van der Waals surface area contributed by atoms with Crippen molar-refractivity contribution in [2.75, 3.05) is 0 Å². The number of carboxylic acids is 1. The average molecular weight is 435 g/mol. The lowest BCUT2D eigenvalue weighted by atomic mass is 9.71. The summed E-state index contributed by atoms with van der Waals surface area (Å²) >= 11 is 0. The number of hydrogen-bond acceptors (Lipinski definition) is 1. The smallest absolute Gasteiger partial charge is 0.335 e. The van der Waals surface area contributed by atoms with Gasteiger partial charge in [-0.25, -0.2) is 4.79 Å². The van der Waals surface area contributed by atoms with E-state index >= 15 is 0 Å². The quantitative estimate of drug-likeness (QED) is 0.349. The predicted octanol–water partition coefficient (Wildman–Crippen LogP) is 7.73. The molecule has 166 valence electrons. The lowest BCUT2D eigenvalue weighted by molar-refractivity contribution is 0.0696. The first-order valence-corrected chi connectivity index (χ1v) is 11.9. The van der Waals surface area contributed by atoms with Gasteiger partial charge in [-0.2, -0.15) is 0 Å². The van der Waals surface area contributed by atoms with Gasteiger partial charge in [0.25, 0.3) is 0 Å². The molecule has 33 heavy (non-hydrogen) atoms. The van der Waals surface area contributed by atoms with Crippen LogP contribution in [0.15, 0.2) is 84.9 Å². The van der Waals surface area contributed by atoms with Crippen LogP contribution in [0.1, 0.15) is 69.8 Å². The fraction of sp³-hybridized carbons (Fsp3) is 0.258. The van der Waals surface area contributed by atoms with Crippen molar-refractivity contribution >= 4 is 16.7 Å². The monoisotopic (exact) mass is 434 g/mol. The van der Waals surface area contributed by atoms with E-state index in [1.165, 1.54) is 33.0 Å². The Morgan fingerprint density at radius 1 is 0.970 bits per heavy atom. The van der Waals surface area contributed by atoms with Crippen LogP contribution in [0.2, 0.25) is 0 Å². The van der Waals surface area contributed by atoms with Crippen LogP contribution in [-0.4, -0.2) is 11.1 Å². The Kier molecular flexibility index (Phi) is 5.76. The second-order valence-electron chi connectivity index (χ2n) is 9.64. The zero-order chi connectivity index (χ0) is 22.9. The minimum Gasteiger partial charge on any atom is -0.478 e. The van der Waals surface area contributed by atoms with Crippen LogP contribution in [0, 0.1) is 12.8 Å². The Balaban J connectivity index is 1.45. The number of aryl methyl sites for hydroxylation is 1. The highest BCUT2D eigenvalue weighted by molar-refractivity contribution is 5.89. The van der Waals surface area contributed by atoms with Gasteiger partial charge >= 0.3 is 5.97 Å². The van der Waals surface area contributed by atoms with Gasteiger partial charge < -0.3 is 5.11 Å². The van der Waals surface area contributed by atoms with Gasteiger partial charge in [0.15, 0.2) is 0 Å². The molecule has 0 heterocycles. The molecule has 2 heteroatoms. The van der Waals surface area contributed by atoms with Gasteiger partial charge in [-0.1, -0.05) is 85.8 Å². The highest BCUT2D eigenvalue weighted by Crippen LogP contribution is 2.43. The summed E-state index contributed by atoms with van der Waals surface area (Å²) in [6.45, 7) is 4.27. The van der Waals surface area contributed by atoms with E-state index in [0.717, 1.165) is 24.8 Å². The number of carboxylic acid groups (broad SMARTS) is 1. The summed E-state index contributed by atoms with van der Waals surface area (Å²) in [5.41, 5.74) is 6.73. The minimum absolute atomic E-state index is 0.307. The molecule has 0 spiro atoms. The second kappa shape index (κ2) is 8.86. The topological polar surface area (TPSA) is 37.3 Å². The molecule has 1 N–H and O–H groups in total. The first-order chi connectivity index (χ1) is 16.0. The highest BCUT2D eigenvalue weighted by Gasteiger charge is 2.29. The van der Waals surface area contributed by atoms with Crippen molar-refractivity contribution in [2.24, 2.45) is 5.92 Å². The van der Waals surface area contributed by atoms with Crippen molar-refractivity contribution in [3.63, 3.8) is 0 Å². The lowest BCUT2D eigenvalue weighted by Crippen LogP contribution is -2.21. The Morgan fingerprint density at radius 3 is 2.55 bits per heavy atom. The van der Waals surface area contributed by atoms with Gasteiger partial charge in [0.2, 0.25) is 0 Å². The maximum absolute atomic E-state index is 11.5. The molecule has 2 unspecified atom stereocenters. The Bertz CT molecular complexity index is 1310. The molecule has 0 aromatic heterocycles. The van der Waals surface area contributed by atoms with E-state index in [2.05, 4.69) is 79.7 Å². The van der Waals surface area contributed by atoms with Gasteiger partial charge in [-0.05, 0) is 82.7 Å². The fourth-order valence-corrected chi connectivity index (χ4v) is 5.86. The number of fused-ring (bicyclic) bond motifs is 2. The van der Waals surface area contributed by atoms with Crippen LogP contribution in [0.3, 0.4) is 0 Å². The summed E-state index contributed by atoms with van der Waals surface area (Å²) < 4.78 is 0. The molecule has 0 radical (unpaired) electrons. The normalized spacial score (nSPS) is 18.6. The molecule has 1 aliphatic carbocycles. The van der Waals surface area contributed by atoms with Gasteiger partial charge in [0.05, 0.1) is 5.56 Å². The maximum atomic E-state index is 11.5. The van der Waals surface area contributed by atoms with Crippen molar-refractivity contribution < 1.29 is 9.90 Å². The van der Waals surface area contributed by atoms with Crippen molar-refractivity contribution in [2.45, 2.75) is 44.9 Å². The van der Waals surface area contributed by atoms with Crippen molar-refractivity contribution in [3.8, 4) is 0 Å². The molecule has 0 bridgehead atoms. The van der Waals surface area contributed by atoms with Crippen molar-refractivity contribution in [1.82, 2.24) is 0 Å². The molecular weight excluding hydrogens is 404 g/mol. The Morgan fingerprint density at radius 2 is 1.73 bits per heavy atom. The zero-order valence-electron chi connectivity index (χ0n) is 19.3. The minimum atomic E-state index is -0.857. The largest absolute Gasteiger partial charge is 0.478 e. The van der Waals surface area contributed by atoms with E-state index in [9.17, 15) is 9.90 Å². The van der Waals surface area contributed by atoms with Crippen molar-refractivity contribution in [3.05, 3.63) is 118 Å². The van der Waals surface area contributed by atoms with Crippen LogP contribution >= 0.6 is 0 Å². The third-order valence-corrected chi connectivity index (χ3v) is 7.43. The van der Waals surface area contributed by atoms with Gasteiger partial charge in [0, 0.05) is 5.92 Å². The molecule has 4 aromatic rings. The molecule has 0 saturated heterocycles. The highest BCUT2D eigenvalue weighted by atomic mass is 16.4. The van der Waals surface area contributed by atoms with Crippen molar-refractivity contribution in [1.29, 1.82) is 0 Å². The van der Waals surface area contributed by atoms with Crippen LogP contribution in [0.5, 0.6) is 0 Å². The molecular formula is C31H30O2. The maximum Gasteiger partial charge on any atom is 0.335 e.